The van der Waals surface area contributed by atoms with Gasteiger partial charge in [0.05, 0.1) is 18.1 Å². The Hall–Kier alpha value is -3.80. The van der Waals surface area contributed by atoms with Crippen molar-refractivity contribution in [1.29, 1.82) is 0 Å². The lowest BCUT2D eigenvalue weighted by atomic mass is 10.0. The summed E-state index contributed by atoms with van der Waals surface area (Å²) in [6.45, 7) is 1.92. The van der Waals surface area contributed by atoms with E-state index < -0.39 is 0 Å². The topological polar surface area (TPSA) is 72.7 Å². The van der Waals surface area contributed by atoms with Gasteiger partial charge in [0.15, 0.2) is 0 Å². The molecule has 0 aliphatic heterocycles. The van der Waals surface area contributed by atoms with Crippen LogP contribution in [-0.4, -0.2) is 25.4 Å². The SMILES string of the molecule is CC(NC(=O)c1ccc(-c2ccncc2)cc1)c1cn(-c2ccncc2)cn1. The van der Waals surface area contributed by atoms with Gasteiger partial charge >= 0.3 is 0 Å². The lowest BCUT2D eigenvalue weighted by molar-refractivity contribution is 0.0939. The molecule has 1 atom stereocenters. The van der Waals surface area contributed by atoms with E-state index in [1.165, 1.54) is 0 Å². The number of carbonyl (C=O) groups excluding carboxylic acids is 1. The number of imidazole rings is 1. The summed E-state index contributed by atoms with van der Waals surface area (Å²) < 4.78 is 1.91. The zero-order chi connectivity index (χ0) is 19.3. The molecule has 1 unspecified atom stereocenters. The van der Waals surface area contributed by atoms with E-state index in [1.807, 2.05) is 66.2 Å². The fourth-order valence-electron chi connectivity index (χ4n) is 2.93. The van der Waals surface area contributed by atoms with E-state index in [0.29, 0.717) is 5.56 Å². The molecule has 4 aromatic rings. The summed E-state index contributed by atoms with van der Waals surface area (Å²) in [5.74, 6) is -0.132. The van der Waals surface area contributed by atoms with Crippen LogP contribution in [0.25, 0.3) is 16.8 Å². The smallest absolute Gasteiger partial charge is 0.251 e. The highest BCUT2D eigenvalue weighted by Crippen LogP contribution is 2.19. The molecule has 3 heterocycles. The Balaban J connectivity index is 1.44. The van der Waals surface area contributed by atoms with Crippen molar-refractivity contribution in [2.45, 2.75) is 13.0 Å². The van der Waals surface area contributed by atoms with Gasteiger partial charge in [-0.2, -0.15) is 0 Å². The van der Waals surface area contributed by atoms with Gasteiger partial charge in [-0.3, -0.25) is 14.8 Å². The minimum absolute atomic E-state index is 0.132. The molecule has 0 spiro atoms. The van der Waals surface area contributed by atoms with Crippen molar-refractivity contribution in [2.75, 3.05) is 0 Å². The van der Waals surface area contributed by atoms with Gasteiger partial charge in [-0.05, 0) is 54.4 Å². The van der Waals surface area contributed by atoms with Gasteiger partial charge in [0.2, 0.25) is 0 Å². The summed E-state index contributed by atoms with van der Waals surface area (Å²) in [6, 6.07) is 15.0. The Morgan fingerprint density at radius 1 is 0.893 bits per heavy atom. The third kappa shape index (κ3) is 3.81. The van der Waals surface area contributed by atoms with E-state index >= 15 is 0 Å². The van der Waals surface area contributed by atoms with Gasteiger partial charge in [0.1, 0.15) is 0 Å². The molecule has 0 aliphatic rings. The molecule has 28 heavy (non-hydrogen) atoms. The highest BCUT2D eigenvalue weighted by Gasteiger charge is 2.14. The summed E-state index contributed by atoms with van der Waals surface area (Å²) >= 11 is 0. The van der Waals surface area contributed by atoms with Crippen LogP contribution in [0.4, 0.5) is 0 Å². The number of aromatic nitrogens is 4. The van der Waals surface area contributed by atoms with Crippen molar-refractivity contribution in [3.05, 3.63) is 97.1 Å². The zero-order valence-electron chi connectivity index (χ0n) is 15.4. The molecule has 1 N–H and O–H groups in total. The molecule has 0 saturated heterocycles. The van der Waals surface area contributed by atoms with Crippen molar-refractivity contribution in [1.82, 2.24) is 24.8 Å². The Morgan fingerprint density at radius 2 is 1.50 bits per heavy atom. The zero-order valence-corrected chi connectivity index (χ0v) is 15.4. The molecule has 0 fully saturated rings. The van der Waals surface area contributed by atoms with E-state index in [-0.39, 0.29) is 11.9 Å². The number of amides is 1. The number of hydrogen-bond acceptors (Lipinski definition) is 4. The molecule has 1 aromatic carbocycles. The highest BCUT2D eigenvalue weighted by atomic mass is 16.1. The van der Waals surface area contributed by atoms with Crippen LogP contribution in [-0.2, 0) is 0 Å². The Labute approximate surface area is 162 Å². The van der Waals surface area contributed by atoms with Gasteiger partial charge in [-0.25, -0.2) is 4.98 Å². The van der Waals surface area contributed by atoms with Gasteiger partial charge in [0.25, 0.3) is 5.91 Å². The predicted octanol–water partition coefficient (Wildman–Crippen LogP) is 3.82. The standard InChI is InChI=1S/C22H19N5O/c1-16(21-14-27(15-25-21)20-8-12-24-13-9-20)26-22(28)19-4-2-17(3-5-19)18-6-10-23-11-7-18/h2-16H,1H3,(H,26,28). The predicted molar refractivity (Wildman–Crippen MR) is 107 cm³/mol. The fraction of sp³-hybridized carbons (Fsp3) is 0.0909. The number of benzene rings is 1. The monoisotopic (exact) mass is 369 g/mol. The molecule has 0 saturated carbocycles. The summed E-state index contributed by atoms with van der Waals surface area (Å²) in [4.78, 5) is 25.0. The van der Waals surface area contributed by atoms with Crippen LogP contribution < -0.4 is 5.32 Å². The maximum absolute atomic E-state index is 12.6. The average Bonchev–Trinajstić information content (AvgIpc) is 3.26. The quantitative estimate of drug-likeness (QED) is 0.580. The Morgan fingerprint density at radius 3 is 2.18 bits per heavy atom. The second-order valence-corrected chi connectivity index (χ2v) is 6.42. The molecular weight excluding hydrogens is 350 g/mol. The van der Waals surface area contributed by atoms with Crippen LogP contribution in [0.2, 0.25) is 0 Å². The number of carbonyl (C=O) groups is 1. The van der Waals surface area contributed by atoms with E-state index in [2.05, 4.69) is 20.3 Å². The first kappa shape index (κ1) is 17.6. The van der Waals surface area contributed by atoms with Crippen LogP contribution in [0.3, 0.4) is 0 Å². The molecule has 3 aromatic heterocycles. The number of pyridine rings is 2. The molecule has 138 valence electrons. The lowest BCUT2D eigenvalue weighted by Crippen LogP contribution is -2.26. The summed E-state index contributed by atoms with van der Waals surface area (Å²) in [5.41, 5.74) is 4.48. The molecule has 0 bridgehead atoms. The van der Waals surface area contributed by atoms with Crippen LogP contribution in [0.1, 0.15) is 29.0 Å². The Kier molecular flexibility index (Phi) is 4.93. The van der Waals surface area contributed by atoms with Crippen LogP contribution in [0.5, 0.6) is 0 Å². The first-order valence-corrected chi connectivity index (χ1v) is 8.96. The molecule has 4 rings (SSSR count). The highest BCUT2D eigenvalue weighted by molar-refractivity contribution is 5.94. The molecule has 6 nitrogen and oxygen atoms in total. The normalized spacial score (nSPS) is 11.8. The fourth-order valence-corrected chi connectivity index (χ4v) is 2.93. The minimum atomic E-state index is -0.213. The molecule has 6 heteroatoms. The van der Waals surface area contributed by atoms with Crippen molar-refractivity contribution in [3.63, 3.8) is 0 Å². The number of nitrogens with zero attached hydrogens (tertiary/aromatic N) is 4. The maximum Gasteiger partial charge on any atom is 0.251 e. The Bertz CT molecular complexity index is 1060. The lowest BCUT2D eigenvalue weighted by Gasteiger charge is -2.12. The first-order valence-electron chi connectivity index (χ1n) is 8.96. The average molecular weight is 369 g/mol. The van der Waals surface area contributed by atoms with E-state index in [0.717, 1.165) is 22.5 Å². The van der Waals surface area contributed by atoms with Crippen molar-refractivity contribution < 1.29 is 4.79 Å². The van der Waals surface area contributed by atoms with Crippen molar-refractivity contribution in [3.8, 4) is 16.8 Å². The summed E-state index contributed by atoms with van der Waals surface area (Å²) in [6.07, 6.45) is 10.6. The third-order valence-electron chi connectivity index (χ3n) is 4.52. The van der Waals surface area contributed by atoms with Gasteiger partial charge < -0.3 is 9.88 Å². The first-order chi connectivity index (χ1) is 13.7. The summed E-state index contributed by atoms with van der Waals surface area (Å²) in [5, 5.41) is 3.00. The molecule has 0 radical (unpaired) electrons. The van der Waals surface area contributed by atoms with Crippen LogP contribution in [0, 0.1) is 0 Å². The van der Waals surface area contributed by atoms with Gasteiger partial charge in [-0.1, -0.05) is 12.1 Å². The second kappa shape index (κ2) is 7.84. The van der Waals surface area contributed by atoms with E-state index in [9.17, 15) is 4.79 Å². The second-order valence-electron chi connectivity index (χ2n) is 6.42. The number of nitrogens with one attached hydrogen (secondary N) is 1. The maximum atomic E-state index is 12.6. The van der Waals surface area contributed by atoms with Gasteiger partial charge in [-0.15, -0.1) is 0 Å². The molecule has 0 aliphatic carbocycles. The summed E-state index contributed by atoms with van der Waals surface area (Å²) in [7, 11) is 0. The number of hydrogen-bond donors (Lipinski definition) is 1. The van der Waals surface area contributed by atoms with Crippen LogP contribution in [0.15, 0.2) is 85.8 Å². The van der Waals surface area contributed by atoms with Crippen molar-refractivity contribution >= 4 is 5.91 Å². The molecular formula is C22H19N5O. The van der Waals surface area contributed by atoms with E-state index in [1.54, 1.807) is 31.1 Å². The van der Waals surface area contributed by atoms with Crippen molar-refractivity contribution in [2.24, 2.45) is 0 Å². The van der Waals surface area contributed by atoms with Gasteiger partial charge in [0, 0.05) is 42.2 Å². The van der Waals surface area contributed by atoms with E-state index in [4.69, 9.17) is 0 Å². The number of rotatable bonds is 5. The van der Waals surface area contributed by atoms with Crippen LogP contribution >= 0.6 is 0 Å². The minimum Gasteiger partial charge on any atom is -0.344 e. The third-order valence-corrected chi connectivity index (χ3v) is 4.52. The largest absolute Gasteiger partial charge is 0.344 e. The molecule has 1 amide bonds.